The SMILES string of the molecule is CCCN1CC(=O)N(CCCOc2ccccc2)[C@H](C)C1=O. The summed E-state index contributed by atoms with van der Waals surface area (Å²) in [7, 11) is 0. The van der Waals surface area contributed by atoms with E-state index < -0.39 is 0 Å². The van der Waals surface area contributed by atoms with E-state index in [0.717, 1.165) is 12.2 Å². The molecule has 0 aliphatic carbocycles. The molecule has 1 aliphatic rings. The molecule has 120 valence electrons. The summed E-state index contributed by atoms with van der Waals surface area (Å²) in [4.78, 5) is 27.7. The number of para-hydroxylation sites is 1. The second-order valence-electron chi connectivity index (χ2n) is 5.54. The topological polar surface area (TPSA) is 49.9 Å². The Balaban J connectivity index is 1.80. The first-order valence-corrected chi connectivity index (χ1v) is 7.89. The van der Waals surface area contributed by atoms with Crippen LogP contribution in [0, 0.1) is 0 Å². The molecule has 0 aromatic heterocycles. The van der Waals surface area contributed by atoms with Crippen LogP contribution in [-0.4, -0.2) is 53.9 Å². The highest BCUT2D eigenvalue weighted by Gasteiger charge is 2.35. The lowest BCUT2D eigenvalue weighted by Gasteiger charge is -2.38. The van der Waals surface area contributed by atoms with Gasteiger partial charge in [-0.2, -0.15) is 0 Å². The standard InChI is InChI=1S/C17H24N2O3/c1-3-10-18-13-16(20)19(14(2)17(18)21)11-7-12-22-15-8-5-4-6-9-15/h4-6,8-9,14H,3,7,10-13H2,1-2H3/t14-/m1/s1. The molecule has 1 aromatic carbocycles. The van der Waals surface area contributed by atoms with Gasteiger partial charge in [0, 0.05) is 13.1 Å². The average Bonchev–Trinajstić information content (AvgIpc) is 2.53. The monoisotopic (exact) mass is 304 g/mol. The molecule has 0 unspecified atom stereocenters. The summed E-state index contributed by atoms with van der Waals surface area (Å²) in [6.45, 7) is 5.76. The second-order valence-corrected chi connectivity index (χ2v) is 5.54. The first-order chi connectivity index (χ1) is 10.6. The summed E-state index contributed by atoms with van der Waals surface area (Å²) >= 11 is 0. The van der Waals surface area contributed by atoms with E-state index in [9.17, 15) is 9.59 Å². The molecule has 2 rings (SSSR count). The number of ether oxygens (including phenoxy) is 1. The highest BCUT2D eigenvalue weighted by Crippen LogP contribution is 2.14. The minimum atomic E-state index is -0.371. The van der Waals surface area contributed by atoms with Crippen LogP contribution >= 0.6 is 0 Å². The lowest BCUT2D eigenvalue weighted by Crippen LogP contribution is -2.59. The Labute approximate surface area is 131 Å². The number of rotatable bonds is 7. The van der Waals surface area contributed by atoms with Crippen LogP contribution in [0.1, 0.15) is 26.7 Å². The zero-order chi connectivity index (χ0) is 15.9. The van der Waals surface area contributed by atoms with Crippen LogP contribution in [0.25, 0.3) is 0 Å². The fourth-order valence-electron chi connectivity index (χ4n) is 2.66. The third kappa shape index (κ3) is 4.00. The zero-order valence-electron chi connectivity index (χ0n) is 13.3. The number of carbonyl (C=O) groups is 2. The normalized spacial score (nSPS) is 18.7. The second kappa shape index (κ2) is 7.82. The van der Waals surface area contributed by atoms with Crippen molar-refractivity contribution in [1.29, 1.82) is 0 Å². The fourth-order valence-corrected chi connectivity index (χ4v) is 2.66. The molecule has 0 radical (unpaired) electrons. The summed E-state index contributed by atoms with van der Waals surface area (Å²) in [6.07, 6.45) is 1.59. The highest BCUT2D eigenvalue weighted by atomic mass is 16.5. The summed E-state index contributed by atoms with van der Waals surface area (Å²) < 4.78 is 5.62. The fraction of sp³-hybridized carbons (Fsp3) is 0.529. The van der Waals surface area contributed by atoms with Crippen molar-refractivity contribution in [3.8, 4) is 5.75 Å². The predicted octanol–water partition coefficient (Wildman–Crippen LogP) is 1.92. The number of carbonyl (C=O) groups excluding carboxylic acids is 2. The molecule has 5 nitrogen and oxygen atoms in total. The van der Waals surface area contributed by atoms with Gasteiger partial charge in [-0.05, 0) is 31.9 Å². The van der Waals surface area contributed by atoms with Crippen LogP contribution in [0.3, 0.4) is 0 Å². The molecular formula is C17H24N2O3. The number of benzene rings is 1. The van der Waals surface area contributed by atoms with Gasteiger partial charge < -0.3 is 14.5 Å². The van der Waals surface area contributed by atoms with E-state index in [0.29, 0.717) is 26.1 Å². The van der Waals surface area contributed by atoms with Gasteiger partial charge in [0.15, 0.2) is 0 Å². The zero-order valence-corrected chi connectivity index (χ0v) is 13.3. The minimum Gasteiger partial charge on any atom is -0.494 e. The van der Waals surface area contributed by atoms with Gasteiger partial charge in [0.25, 0.3) is 0 Å². The van der Waals surface area contributed by atoms with Gasteiger partial charge in [0.05, 0.1) is 13.2 Å². The summed E-state index contributed by atoms with van der Waals surface area (Å²) in [5, 5.41) is 0. The smallest absolute Gasteiger partial charge is 0.245 e. The van der Waals surface area contributed by atoms with Crippen molar-refractivity contribution in [2.24, 2.45) is 0 Å². The maximum atomic E-state index is 12.2. The summed E-state index contributed by atoms with van der Waals surface area (Å²) in [6, 6.07) is 9.22. The quantitative estimate of drug-likeness (QED) is 0.723. The van der Waals surface area contributed by atoms with Crippen molar-refractivity contribution in [2.45, 2.75) is 32.7 Å². The van der Waals surface area contributed by atoms with Gasteiger partial charge in [0.1, 0.15) is 11.8 Å². The number of nitrogens with zero attached hydrogens (tertiary/aromatic N) is 2. The van der Waals surface area contributed by atoms with Gasteiger partial charge in [0.2, 0.25) is 11.8 Å². The molecule has 22 heavy (non-hydrogen) atoms. The molecule has 1 saturated heterocycles. The van der Waals surface area contributed by atoms with Crippen molar-refractivity contribution in [3.05, 3.63) is 30.3 Å². The molecule has 0 N–H and O–H groups in total. The van der Waals surface area contributed by atoms with Crippen LogP contribution < -0.4 is 4.74 Å². The van der Waals surface area contributed by atoms with Crippen molar-refractivity contribution >= 4 is 11.8 Å². The van der Waals surface area contributed by atoms with E-state index in [-0.39, 0.29) is 24.4 Å². The third-order valence-corrected chi connectivity index (χ3v) is 3.83. The molecule has 0 spiro atoms. The molecule has 1 aromatic rings. The Hall–Kier alpha value is -2.04. The average molecular weight is 304 g/mol. The van der Waals surface area contributed by atoms with Crippen LogP contribution in [-0.2, 0) is 9.59 Å². The maximum absolute atomic E-state index is 12.2. The number of amides is 2. The Morgan fingerprint density at radius 3 is 2.59 bits per heavy atom. The van der Waals surface area contributed by atoms with Gasteiger partial charge in [-0.25, -0.2) is 0 Å². The molecule has 1 aliphatic heterocycles. The third-order valence-electron chi connectivity index (χ3n) is 3.83. The Bertz CT molecular complexity index is 504. The van der Waals surface area contributed by atoms with Gasteiger partial charge in [-0.1, -0.05) is 25.1 Å². The molecule has 1 atom stereocenters. The van der Waals surface area contributed by atoms with Gasteiger partial charge in [-0.15, -0.1) is 0 Å². The summed E-state index contributed by atoms with van der Waals surface area (Å²) in [5.41, 5.74) is 0. The van der Waals surface area contributed by atoms with Gasteiger partial charge in [-0.3, -0.25) is 9.59 Å². The molecule has 2 amide bonds. The first kappa shape index (κ1) is 16.3. The highest BCUT2D eigenvalue weighted by molar-refractivity contribution is 5.94. The van der Waals surface area contributed by atoms with Crippen LogP contribution in [0.5, 0.6) is 5.75 Å². The van der Waals surface area contributed by atoms with Gasteiger partial charge >= 0.3 is 0 Å². The Morgan fingerprint density at radius 2 is 1.91 bits per heavy atom. The van der Waals surface area contributed by atoms with E-state index >= 15 is 0 Å². The molecule has 0 saturated carbocycles. The lowest BCUT2D eigenvalue weighted by atomic mass is 10.1. The molecule has 1 heterocycles. The van der Waals surface area contributed by atoms with Crippen molar-refractivity contribution < 1.29 is 14.3 Å². The minimum absolute atomic E-state index is 0.0280. The number of hydrogen-bond acceptors (Lipinski definition) is 3. The first-order valence-electron chi connectivity index (χ1n) is 7.89. The van der Waals surface area contributed by atoms with Crippen molar-refractivity contribution in [2.75, 3.05) is 26.2 Å². The Kier molecular flexibility index (Phi) is 5.81. The van der Waals surface area contributed by atoms with E-state index in [2.05, 4.69) is 0 Å². The number of hydrogen-bond donors (Lipinski definition) is 0. The number of piperazine rings is 1. The summed E-state index contributed by atoms with van der Waals surface area (Å²) in [5.74, 6) is 0.899. The van der Waals surface area contributed by atoms with Crippen molar-refractivity contribution in [3.63, 3.8) is 0 Å². The van der Waals surface area contributed by atoms with Crippen molar-refractivity contribution in [1.82, 2.24) is 9.80 Å². The van der Waals surface area contributed by atoms with Crippen LogP contribution in [0.2, 0.25) is 0 Å². The van der Waals surface area contributed by atoms with E-state index in [1.54, 1.807) is 16.7 Å². The predicted molar refractivity (Wildman–Crippen MR) is 84.6 cm³/mol. The van der Waals surface area contributed by atoms with E-state index in [4.69, 9.17) is 4.74 Å². The Morgan fingerprint density at radius 1 is 1.18 bits per heavy atom. The van der Waals surface area contributed by atoms with E-state index in [1.807, 2.05) is 37.3 Å². The molecule has 1 fully saturated rings. The largest absolute Gasteiger partial charge is 0.494 e. The van der Waals surface area contributed by atoms with Crippen LogP contribution in [0.4, 0.5) is 0 Å². The molecular weight excluding hydrogens is 280 g/mol. The van der Waals surface area contributed by atoms with E-state index in [1.165, 1.54) is 0 Å². The lowest BCUT2D eigenvalue weighted by molar-refractivity contribution is -0.155. The molecule has 0 bridgehead atoms. The maximum Gasteiger partial charge on any atom is 0.245 e. The van der Waals surface area contributed by atoms with Crippen LogP contribution in [0.15, 0.2) is 30.3 Å². The molecule has 5 heteroatoms.